The molecule has 1 atom stereocenters. The number of aromatic nitrogens is 2. The molecule has 1 fully saturated rings. The molecule has 3 aromatic rings. The molecule has 0 saturated heterocycles. The van der Waals surface area contributed by atoms with E-state index in [0.717, 1.165) is 24.2 Å². The number of benzene rings is 1. The van der Waals surface area contributed by atoms with Gasteiger partial charge in [-0.2, -0.15) is 0 Å². The second-order valence-corrected chi connectivity index (χ2v) is 11.2. The zero-order chi connectivity index (χ0) is 26.0. The first kappa shape index (κ1) is 26.1. The van der Waals surface area contributed by atoms with Crippen LogP contribution in [0.1, 0.15) is 87.3 Å². The molecule has 192 valence electrons. The summed E-state index contributed by atoms with van der Waals surface area (Å²) in [6.07, 6.45) is 2.84. The van der Waals surface area contributed by atoms with Gasteiger partial charge in [-0.3, -0.25) is 9.59 Å². The van der Waals surface area contributed by atoms with Gasteiger partial charge in [0.15, 0.2) is 11.5 Å². The monoisotopic (exact) mass is 516 g/mol. The minimum atomic E-state index is -0.950. The summed E-state index contributed by atoms with van der Waals surface area (Å²) in [6.45, 7) is 6.33. The standard InChI is InChI=1S/C27H30ClFN2O5/c1-27(2,3)14-20-13-22(30-35-20)26-24(15-4-5-15)25(31-36-26)17(7-9-23(33)34)11-19(32)10-16-6-8-18(29)12-21(16)28/h6,8,12-13,15,17H,4-5,7,9-11,14H2,1-3H3,(H,33,34)/t17-/m0/s1. The average Bonchev–Trinajstić information content (AvgIpc) is 3.35. The van der Waals surface area contributed by atoms with E-state index in [-0.39, 0.29) is 47.8 Å². The van der Waals surface area contributed by atoms with Gasteiger partial charge in [0.2, 0.25) is 0 Å². The lowest BCUT2D eigenvalue weighted by molar-refractivity contribution is -0.137. The molecule has 4 rings (SSSR count). The summed E-state index contributed by atoms with van der Waals surface area (Å²) in [5.41, 5.74) is 2.59. The molecule has 1 aliphatic rings. The maximum Gasteiger partial charge on any atom is 0.303 e. The van der Waals surface area contributed by atoms with Gasteiger partial charge in [0, 0.05) is 48.3 Å². The van der Waals surface area contributed by atoms with Crippen LogP contribution in [0, 0.1) is 11.2 Å². The summed E-state index contributed by atoms with van der Waals surface area (Å²) in [7, 11) is 0. The zero-order valence-electron chi connectivity index (χ0n) is 20.6. The molecule has 9 heteroatoms. The summed E-state index contributed by atoms with van der Waals surface area (Å²) in [4.78, 5) is 24.4. The molecule has 0 aliphatic heterocycles. The van der Waals surface area contributed by atoms with Crippen molar-refractivity contribution in [2.24, 2.45) is 5.41 Å². The largest absolute Gasteiger partial charge is 0.481 e. The van der Waals surface area contributed by atoms with Crippen LogP contribution in [0.5, 0.6) is 0 Å². The predicted molar refractivity (Wildman–Crippen MR) is 131 cm³/mol. The van der Waals surface area contributed by atoms with Gasteiger partial charge < -0.3 is 14.2 Å². The molecule has 0 amide bonds. The van der Waals surface area contributed by atoms with E-state index < -0.39 is 17.7 Å². The Kier molecular flexibility index (Phi) is 7.64. The molecule has 1 aliphatic carbocycles. The van der Waals surface area contributed by atoms with Crippen LogP contribution in [0.15, 0.2) is 33.3 Å². The summed E-state index contributed by atoms with van der Waals surface area (Å²) >= 11 is 6.10. The van der Waals surface area contributed by atoms with Crippen molar-refractivity contribution in [1.82, 2.24) is 10.3 Å². The van der Waals surface area contributed by atoms with Crippen molar-refractivity contribution in [3.63, 3.8) is 0 Å². The van der Waals surface area contributed by atoms with E-state index in [9.17, 15) is 19.1 Å². The molecular weight excluding hydrogens is 487 g/mol. The van der Waals surface area contributed by atoms with Crippen molar-refractivity contribution >= 4 is 23.4 Å². The number of nitrogens with zero attached hydrogens (tertiary/aromatic N) is 2. The smallest absolute Gasteiger partial charge is 0.303 e. The van der Waals surface area contributed by atoms with Gasteiger partial charge in [-0.05, 0) is 48.3 Å². The fourth-order valence-corrected chi connectivity index (χ4v) is 4.67. The molecule has 0 bridgehead atoms. The van der Waals surface area contributed by atoms with Gasteiger partial charge in [-0.25, -0.2) is 4.39 Å². The van der Waals surface area contributed by atoms with Crippen molar-refractivity contribution in [3.05, 3.63) is 57.7 Å². The van der Waals surface area contributed by atoms with Crippen LogP contribution in [0.25, 0.3) is 11.5 Å². The lowest BCUT2D eigenvalue weighted by Gasteiger charge is -2.15. The third-order valence-corrected chi connectivity index (χ3v) is 6.56. The Morgan fingerprint density at radius 3 is 2.58 bits per heavy atom. The van der Waals surface area contributed by atoms with Crippen molar-refractivity contribution in [2.45, 2.75) is 77.6 Å². The first-order valence-electron chi connectivity index (χ1n) is 12.1. The third kappa shape index (κ3) is 6.60. The Hall–Kier alpha value is -3.00. The van der Waals surface area contributed by atoms with Gasteiger partial charge in [0.05, 0.1) is 5.69 Å². The van der Waals surface area contributed by atoms with Crippen LogP contribution in [0.4, 0.5) is 4.39 Å². The van der Waals surface area contributed by atoms with Crippen LogP contribution in [-0.2, 0) is 22.4 Å². The number of aliphatic carboxylic acids is 1. The maximum atomic E-state index is 13.4. The molecule has 1 N–H and O–H groups in total. The Morgan fingerprint density at radius 1 is 1.19 bits per heavy atom. The number of Topliss-reactive ketones (excluding diaryl/α,β-unsaturated/α-hetero) is 1. The van der Waals surface area contributed by atoms with Gasteiger partial charge in [-0.1, -0.05) is 48.8 Å². The van der Waals surface area contributed by atoms with Crippen LogP contribution in [-0.4, -0.2) is 27.2 Å². The van der Waals surface area contributed by atoms with Crippen molar-refractivity contribution in [1.29, 1.82) is 0 Å². The van der Waals surface area contributed by atoms with E-state index in [1.807, 2.05) is 6.07 Å². The molecule has 1 saturated carbocycles. The summed E-state index contributed by atoms with van der Waals surface area (Å²) in [5.74, 6) is -0.525. The molecule has 2 heterocycles. The molecular formula is C27H30ClFN2O5. The van der Waals surface area contributed by atoms with E-state index in [4.69, 9.17) is 20.6 Å². The van der Waals surface area contributed by atoms with Crippen LogP contribution in [0.2, 0.25) is 5.02 Å². The molecule has 0 spiro atoms. The van der Waals surface area contributed by atoms with Crippen LogP contribution >= 0.6 is 11.6 Å². The quantitative estimate of drug-likeness (QED) is 0.301. The zero-order valence-corrected chi connectivity index (χ0v) is 21.4. The average molecular weight is 517 g/mol. The van der Waals surface area contributed by atoms with Gasteiger partial charge in [0.25, 0.3) is 0 Å². The fourth-order valence-electron chi connectivity index (χ4n) is 4.44. The highest BCUT2D eigenvalue weighted by Gasteiger charge is 2.37. The lowest BCUT2D eigenvalue weighted by Crippen LogP contribution is -2.13. The number of rotatable bonds is 11. The summed E-state index contributed by atoms with van der Waals surface area (Å²) in [5, 5.41) is 18.0. The van der Waals surface area contributed by atoms with Crippen molar-refractivity contribution in [3.8, 4) is 11.5 Å². The number of hydrogen-bond donors (Lipinski definition) is 1. The van der Waals surface area contributed by atoms with Crippen molar-refractivity contribution < 1.29 is 28.1 Å². The molecule has 2 aromatic heterocycles. The number of carbonyl (C=O) groups excluding carboxylic acids is 1. The fraction of sp³-hybridized carbons (Fsp3) is 0.481. The van der Waals surface area contributed by atoms with Crippen LogP contribution in [0.3, 0.4) is 0 Å². The molecule has 0 unspecified atom stereocenters. The molecule has 36 heavy (non-hydrogen) atoms. The Morgan fingerprint density at radius 2 is 1.94 bits per heavy atom. The maximum absolute atomic E-state index is 13.4. The Balaban J connectivity index is 1.60. The number of carbonyl (C=O) groups is 2. The SMILES string of the molecule is CC(C)(C)Cc1cc(-c2onc([C@@H](CCC(=O)O)CC(=O)Cc3ccc(F)cc3Cl)c2C2CC2)no1. The lowest BCUT2D eigenvalue weighted by atomic mass is 9.87. The normalized spacial score (nSPS) is 14.7. The molecule has 1 aromatic carbocycles. The Bertz CT molecular complexity index is 1260. The summed E-state index contributed by atoms with van der Waals surface area (Å²) < 4.78 is 24.7. The molecule has 7 nitrogen and oxygen atoms in total. The van der Waals surface area contributed by atoms with Gasteiger partial charge >= 0.3 is 5.97 Å². The highest BCUT2D eigenvalue weighted by molar-refractivity contribution is 6.31. The molecule has 0 radical (unpaired) electrons. The van der Waals surface area contributed by atoms with Crippen molar-refractivity contribution in [2.75, 3.05) is 0 Å². The number of halogens is 2. The van der Waals surface area contributed by atoms with Gasteiger partial charge in [0.1, 0.15) is 17.4 Å². The topological polar surface area (TPSA) is 106 Å². The predicted octanol–water partition coefficient (Wildman–Crippen LogP) is 6.74. The number of ketones is 1. The minimum absolute atomic E-state index is 0.0194. The first-order valence-corrected chi connectivity index (χ1v) is 12.5. The Labute approximate surface area is 214 Å². The van der Waals surface area contributed by atoms with E-state index in [1.54, 1.807) is 0 Å². The second kappa shape index (κ2) is 10.5. The highest BCUT2D eigenvalue weighted by atomic mass is 35.5. The number of hydrogen-bond acceptors (Lipinski definition) is 6. The van der Waals surface area contributed by atoms with Gasteiger partial charge in [-0.15, -0.1) is 0 Å². The third-order valence-electron chi connectivity index (χ3n) is 6.21. The number of carboxylic acid groups (broad SMARTS) is 1. The van der Waals surface area contributed by atoms with Crippen LogP contribution < -0.4 is 0 Å². The van der Waals surface area contributed by atoms with E-state index in [2.05, 4.69) is 31.1 Å². The minimum Gasteiger partial charge on any atom is -0.481 e. The van der Waals surface area contributed by atoms with E-state index >= 15 is 0 Å². The van der Waals surface area contributed by atoms with E-state index in [1.165, 1.54) is 18.2 Å². The highest BCUT2D eigenvalue weighted by Crippen LogP contribution is 2.48. The second-order valence-electron chi connectivity index (χ2n) is 10.8. The number of carboxylic acids is 1. The van der Waals surface area contributed by atoms with E-state index in [0.29, 0.717) is 29.1 Å². The summed E-state index contributed by atoms with van der Waals surface area (Å²) in [6, 6.07) is 5.78. The first-order chi connectivity index (χ1) is 17.0.